The zero-order chi connectivity index (χ0) is 17.0. The van der Waals surface area contributed by atoms with Crippen molar-refractivity contribution in [1.29, 1.82) is 0 Å². The molecule has 3 unspecified atom stereocenters. The van der Waals surface area contributed by atoms with Gasteiger partial charge in [0.1, 0.15) is 0 Å². The molecule has 1 amide bonds. The molecule has 0 rings (SSSR count). The molecule has 0 aliphatic carbocycles. The van der Waals surface area contributed by atoms with E-state index in [2.05, 4.69) is 5.32 Å². The third-order valence-corrected chi connectivity index (χ3v) is 5.74. The maximum atomic E-state index is 12.2. The van der Waals surface area contributed by atoms with Crippen molar-refractivity contribution in [3.63, 3.8) is 0 Å². The molecular weight excluding hydrogens is 324 g/mol. The number of carbonyl (C=O) groups excluding carboxylic acids is 2. The molecule has 6 nitrogen and oxygen atoms in total. The molecule has 0 aromatic rings. The van der Waals surface area contributed by atoms with Gasteiger partial charge in [0.05, 0.1) is 25.0 Å². The topological polar surface area (TPSA) is 90.6 Å². The van der Waals surface area contributed by atoms with Crippen LogP contribution in [0.1, 0.15) is 20.3 Å². The molecule has 22 heavy (non-hydrogen) atoms. The lowest BCUT2D eigenvalue weighted by molar-refractivity contribution is -0.156. The highest BCUT2D eigenvalue weighted by atomic mass is 33.1. The first kappa shape index (κ1) is 21.6. The van der Waals surface area contributed by atoms with Gasteiger partial charge in [0, 0.05) is 31.7 Å². The molecule has 0 saturated heterocycles. The van der Waals surface area contributed by atoms with Crippen molar-refractivity contribution >= 4 is 33.5 Å². The summed E-state index contributed by atoms with van der Waals surface area (Å²) < 4.78 is 10.1. The number of hydrogen-bond acceptors (Lipinski definition) is 7. The van der Waals surface area contributed by atoms with Gasteiger partial charge in [-0.05, 0) is 6.42 Å². The van der Waals surface area contributed by atoms with Crippen molar-refractivity contribution in [1.82, 2.24) is 5.32 Å². The smallest absolute Gasteiger partial charge is 0.312 e. The fourth-order valence-electron chi connectivity index (χ4n) is 2.09. The van der Waals surface area contributed by atoms with Gasteiger partial charge in [-0.3, -0.25) is 9.59 Å². The summed E-state index contributed by atoms with van der Waals surface area (Å²) in [4.78, 5) is 24.2. The van der Waals surface area contributed by atoms with Crippen molar-refractivity contribution in [2.75, 3.05) is 38.8 Å². The van der Waals surface area contributed by atoms with Crippen LogP contribution in [0.15, 0.2) is 0 Å². The Morgan fingerprint density at radius 3 is 2.36 bits per heavy atom. The fraction of sp³-hybridized carbons (Fsp3) is 0.857. The third-order valence-electron chi connectivity index (χ3n) is 3.30. The van der Waals surface area contributed by atoms with Crippen LogP contribution < -0.4 is 11.1 Å². The van der Waals surface area contributed by atoms with E-state index in [-0.39, 0.29) is 12.0 Å². The third kappa shape index (κ3) is 7.71. The molecule has 3 atom stereocenters. The van der Waals surface area contributed by atoms with Crippen molar-refractivity contribution in [2.24, 2.45) is 17.6 Å². The molecule has 130 valence electrons. The molecule has 0 spiro atoms. The van der Waals surface area contributed by atoms with Crippen LogP contribution in [0.5, 0.6) is 0 Å². The maximum absolute atomic E-state index is 12.2. The normalized spacial score (nSPS) is 15.0. The van der Waals surface area contributed by atoms with Crippen LogP contribution in [0, 0.1) is 11.8 Å². The molecule has 0 aromatic carbocycles. The SMILES string of the molecule is CCC(OC)C(C(=O)OC)C(C)C(=O)NCCSSCCN. The van der Waals surface area contributed by atoms with Crippen molar-refractivity contribution < 1.29 is 19.1 Å². The van der Waals surface area contributed by atoms with Gasteiger partial charge in [0.2, 0.25) is 5.91 Å². The first-order valence-electron chi connectivity index (χ1n) is 7.36. The summed E-state index contributed by atoms with van der Waals surface area (Å²) in [5.74, 6) is 0.0248. The summed E-state index contributed by atoms with van der Waals surface area (Å²) in [6, 6.07) is 0. The highest BCUT2D eigenvalue weighted by Gasteiger charge is 2.37. The van der Waals surface area contributed by atoms with E-state index < -0.39 is 17.8 Å². The number of hydrogen-bond donors (Lipinski definition) is 2. The quantitative estimate of drug-likeness (QED) is 0.311. The second kappa shape index (κ2) is 13.0. The van der Waals surface area contributed by atoms with Gasteiger partial charge in [0.25, 0.3) is 0 Å². The number of rotatable bonds is 12. The summed E-state index contributed by atoms with van der Waals surface area (Å²) in [6.07, 6.45) is 0.308. The van der Waals surface area contributed by atoms with E-state index >= 15 is 0 Å². The van der Waals surface area contributed by atoms with Crippen molar-refractivity contribution in [2.45, 2.75) is 26.4 Å². The van der Waals surface area contributed by atoms with Crippen LogP contribution in [0.25, 0.3) is 0 Å². The van der Waals surface area contributed by atoms with Crippen molar-refractivity contribution in [3.05, 3.63) is 0 Å². The minimum absolute atomic E-state index is 0.157. The van der Waals surface area contributed by atoms with E-state index in [0.29, 0.717) is 19.5 Å². The molecule has 3 N–H and O–H groups in total. The minimum Gasteiger partial charge on any atom is -0.469 e. The van der Waals surface area contributed by atoms with Crippen LogP contribution in [-0.4, -0.2) is 56.8 Å². The van der Waals surface area contributed by atoms with Gasteiger partial charge < -0.3 is 20.5 Å². The summed E-state index contributed by atoms with van der Waals surface area (Å²) in [5, 5.41) is 2.85. The second-order valence-corrected chi connectivity index (χ2v) is 7.45. The second-order valence-electron chi connectivity index (χ2n) is 4.74. The number of esters is 1. The zero-order valence-electron chi connectivity index (χ0n) is 13.8. The van der Waals surface area contributed by atoms with Gasteiger partial charge >= 0.3 is 5.97 Å². The van der Waals surface area contributed by atoms with Gasteiger partial charge in [-0.15, -0.1) is 0 Å². The van der Waals surface area contributed by atoms with Crippen LogP contribution in [0.3, 0.4) is 0 Å². The molecule has 0 saturated carbocycles. The predicted octanol–water partition coefficient (Wildman–Crippen LogP) is 1.29. The van der Waals surface area contributed by atoms with E-state index in [0.717, 1.165) is 11.5 Å². The molecule has 0 heterocycles. The molecular formula is C14H28N2O4S2. The van der Waals surface area contributed by atoms with E-state index in [1.54, 1.807) is 35.6 Å². The predicted molar refractivity (Wildman–Crippen MR) is 92.7 cm³/mol. The van der Waals surface area contributed by atoms with E-state index in [1.807, 2.05) is 6.92 Å². The molecule has 0 aliphatic rings. The molecule has 0 radical (unpaired) electrons. The Balaban J connectivity index is 4.43. The van der Waals surface area contributed by atoms with Crippen LogP contribution in [0.4, 0.5) is 0 Å². The maximum Gasteiger partial charge on any atom is 0.312 e. The number of ether oxygens (including phenoxy) is 2. The number of nitrogens with two attached hydrogens (primary N) is 1. The Morgan fingerprint density at radius 2 is 1.86 bits per heavy atom. The number of amides is 1. The number of methoxy groups -OCH3 is 2. The monoisotopic (exact) mass is 352 g/mol. The van der Waals surface area contributed by atoms with Gasteiger partial charge in [0.15, 0.2) is 0 Å². The summed E-state index contributed by atoms with van der Waals surface area (Å²) in [6.45, 7) is 4.86. The first-order valence-corrected chi connectivity index (χ1v) is 9.85. The number of nitrogens with one attached hydrogen (secondary N) is 1. The highest BCUT2D eigenvalue weighted by Crippen LogP contribution is 2.23. The summed E-state index contributed by atoms with van der Waals surface area (Å²) in [7, 11) is 6.23. The first-order chi connectivity index (χ1) is 10.5. The molecule has 0 aliphatic heterocycles. The summed E-state index contributed by atoms with van der Waals surface area (Å²) in [5.41, 5.74) is 5.40. The zero-order valence-corrected chi connectivity index (χ0v) is 15.4. The van der Waals surface area contributed by atoms with E-state index in [9.17, 15) is 9.59 Å². The van der Waals surface area contributed by atoms with Gasteiger partial charge in [-0.1, -0.05) is 35.4 Å². The Labute approximate surface area is 141 Å². The Kier molecular flexibility index (Phi) is 12.8. The van der Waals surface area contributed by atoms with E-state index in [4.69, 9.17) is 15.2 Å². The van der Waals surface area contributed by atoms with E-state index in [1.165, 1.54) is 7.11 Å². The molecule has 0 fully saturated rings. The van der Waals surface area contributed by atoms with Crippen molar-refractivity contribution in [3.8, 4) is 0 Å². The Hall–Kier alpha value is -0.440. The average Bonchev–Trinajstić information content (AvgIpc) is 2.54. The molecule has 0 aromatic heterocycles. The highest BCUT2D eigenvalue weighted by molar-refractivity contribution is 8.76. The van der Waals surface area contributed by atoms with Crippen LogP contribution in [-0.2, 0) is 19.1 Å². The fourth-order valence-corrected chi connectivity index (χ4v) is 3.85. The number of carbonyl (C=O) groups is 2. The van der Waals surface area contributed by atoms with Crippen LogP contribution in [0.2, 0.25) is 0 Å². The lowest BCUT2D eigenvalue weighted by Gasteiger charge is -2.27. The lowest BCUT2D eigenvalue weighted by atomic mass is 9.86. The minimum atomic E-state index is -0.598. The standard InChI is InChI=1S/C14H28N2O4S2/c1-5-11(19-3)12(14(18)20-4)10(2)13(17)16-7-9-22-21-8-6-15/h10-12H,5-9,15H2,1-4H3,(H,16,17). The molecule has 8 heteroatoms. The Bertz CT molecular complexity index is 328. The van der Waals surface area contributed by atoms with Gasteiger partial charge in [-0.2, -0.15) is 0 Å². The van der Waals surface area contributed by atoms with Gasteiger partial charge in [-0.25, -0.2) is 0 Å². The lowest BCUT2D eigenvalue weighted by Crippen LogP contribution is -2.43. The molecule has 0 bridgehead atoms. The largest absolute Gasteiger partial charge is 0.469 e. The Morgan fingerprint density at radius 1 is 1.23 bits per heavy atom. The summed E-state index contributed by atoms with van der Waals surface area (Å²) >= 11 is 0. The van der Waals surface area contributed by atoms with Crippen LogP contribution >= 0.6 is 21.6 Å². The average molecular weight is 353 g/mol.